The molecule has 0 saturated carbocycles. The van der Waals surface area contributed by atoms with E-state index in [0.29, 0.717) is 16.5 Å². The third kappa shape index (κ3) is 1.98. The molecule has 2 aromatic carbocycles. The summed E-state index contributed by atoms with van der Waals surface area (Å²) in [5.41, 5.74) is 0.922. The number of halogens is 1. The zero-order valence-electron chi connectivity index (χ0n) is 9.67. The van der Waals surface area contributed by atoms with Gasteiger partial charge in [-0.15, -0.1) is 0 Å². The molecule has 1 aromatic heterocycles. The summed E-state index contributed by atoms with van der Waals surface area (Å²) in [5.74, 6) is -0.731. The van der Waals surface area contributed by atoms with Crippen LogP contribution in [0.3, 0.4) is 0 Å². The molecule has 3 nitrogen and oxygen atoms in total. The Kier molecular flexibility index (Phi) is 2.76. The second-order valence-electron chi connectivity index (χ2n) is 4.00. The molecule has 1 heterocycles. The Morgan fingerprint density at radius 2 is 1.74 bits per heavy atom. The molecule has 0 spiro atoms. The fourth-order valence-electron chi connectivity index (χ4n) is 1.87. The molecule has 0 aliphatic carbocycles. The Balaban J connectivity index is 2.17. The molecule has 94 valence electrons. The number of rotatable bonds is 1. The van der Waals surface area contributed by atoms with Gasteiger partial charge in [0.1, 0.15) is 5.82 Å². The maximum absolute atomic E-state index is 12.8. The van der Waals surface area contributed by atoms with E-state index in [1.807, 2.05) is 0 Å². The molecule has 0 N–H and O–H groups in total. The summed E-state index contributed by atoms with van der Waals surface area (Å²) in [7, 11) is 0. The Labute approximate surface area is 111 Å². The third-order valence-electron chi connectivity index (χ3n) is 2.79. The van der Waals surface area contributed by atoms with Gasteiger partial charge in [-0.05, 0) is 47.9 Å². The highest BCUT2D eigenvalue weighted by atomic mass is 32.1. The second-order valence-corrected chi connectivity index (χ2v) is 4.92. The van der Waals surface area contributed by atoms with Crippen LogP contribution < -0.4 is 4.74 Å². The molecule has 0 amide bonds. The van der Waals surface area contributed by atoms with E-state index in [2.05, 4.69) is 0 Å². The lowest BCUT2D eigenvalue weighted by atomic mass is 10.2. The first-order valence-electron chi connectivity index (χ1n) is 5.58. The minimum Gasteiger partial charge on any atom is -0.276 e. The maximum atomic E-state index is 12.8. The summed E-state index contributed by atoms with van der Waals surface area (Å²) in [6.07, 6.45) is 0. The third-order valence-corrected chi connectivity index (χ3v) is 3.72. The predicted molar refractivity (Wildman–Crippen MR) is 72.2 cm³/mol. The number of benzene rings is 2. The molecule has 3 aromatic rings. The van der Waals surface area contributed by atoms with Crippen LogP contribution in [0.2, 0.25) is 0 Å². The Hall–Kier alpha value is -2.27. The number of hydrogen-bond donors (Lipinski definition) is 0. The van der Waals surface area contributed by atoms with Crippen molar-refractivity contribution >= 4 is 28.3 Å². The highest BCUT2D eigenvalue weighted by Crippen LogP contribution is 2.16. The second kappa shape index (κ2) is 4.44. The monoisotopic (exact) mass is 273 g/mol. The van der Waals surface area contributed by atoms with Crippen LogP contribution in [0, 0.1) is 5.82 Å². The van der Waals surface area contributed by atoms with Gasteiger partial charge >= 0.3 is 0 Å². The number of para-hydroxylation sites is 1. The first kappa shape index (κ1) is 11.8. The Morgan fingerprint density at radius 1 is 1.05 bits per heavy atom. The average Bonchev–Trinajstić information content (AvgIpc) is 2.77. The number of hydrogen-bond acceptors (Lipinski definition) is 3. The Morgan fingerprint density at radius 3 is 2.47 bits per heavy atom. The first-order valence-corrected chi connectivity index (χ1v) is 6.35. The normalized spacial score (nSPS) is 10.8. The van der Waals surface area contributed by atoms with Crippen molar-refractivity contribution in [3.63, 3.8) is 0 Å². The summed E-state index contributed by atoms with van der Waals surface area (Å²) in [6.45, 7) is 0. The van der Waals surface area contributed by atoms with E-state index in [9.17, 15) is 14.0 Å². The molecule has 0 unspecified atom stereocenters. The fraction of sp³-hybridized carbons (Fsp3) is 0. The van der Waals surface area contributed by atoms with Crippen molar-refractivity contribution in [2.45, 2.75) is 0 Å². The van der Waals surface area contributed by atoms with Crippen molar-refractivity contribution < 1.29 is 9.18 Å². The van der Waals surface area contributed by atoms with E-state index in [1.165, 1.54) is 28.2 Å². The van der Waals surface area contributed by atoms with Crippen LogP contribution in [-0.2, 0) is 0 Å². The van der Waals surface area contributed by atoms with Crippen LogP contribution in [0.15, 0.2) is 53.3 Å². The van der Waals surface area contributed by atoms with Crippen molar-refractivity contribution in [1.82, 2.24) is 3.96 Å². The van der Waals surface area contributed by atoms with E-state index < -0.39 is 5.82 Å². The largest absolute Gasteiger partial charge is 0.276 e. The zero-order chi connectivity index (χ0) is 13.4. The zero-order valence-corrected chi connectivity index (χ0v) is 10.5. The standard InChI is InChI=1S/C14H8FNO2S/c15-10-7-5-9(6-8-10)13(17)16-12-4-2-1-3-11(12)14(18)19-16/h1-8H. The summed E-state index contributed by atoms with van der Waals surface area (Å²) < 4.78 is 14.0. The molecule has 3 rings (SSSR count). The number of aromatic nitrogens is 1. The van der Waals surface area contributed by atoms with Gasteiger partial charge in [-0.2, -0.15) is 0 Å². The van der Waals surface area contributed by atoms with Gasteiger partial charge in [-0.25, -0.2) is 8.35 Å². The van der Waals surface area contributed by atoms with Crippen molar-refractivity contribution in [3.05, 3.63) is 69.4 Å². The van der Waals surface area contributed by atoms with E-state index >= 15 is 0 Å². The summed E-state index contributed by atoms with van der Waals surface area (Å²) >= 11 is 0.853. The maximum Gasteiger partial charge on any atom is 0.271 e. The minimum atomic E-state index is -0.401. The number of nitrogens with zero attached hydrogens (tertiary/aromatic N) is 1. The van der Waals surface area contributed by atoms with Crippen LogP contribution in [0.4, 0.5) is 4.39 Å². The van der Waals surface area contributed by atoms with Crippen molar-refractivity contribution in [1.29, 1.82) is 0 Å². The topological polar surface area (TPSA) is 39.1 Å². The average molecular weight is 273 g/mol. The molecule has 5 heteroatoms. The smallest absolute Gasteiger partial charge is 0.271 e. The molecule has 0 radical (unpaired) electrons. The SMILES string of the molecule is O=C(c1ccc(F)cc1)n1sc(=O)c2ccccc21. The molecule has 0 fully saturated rings. The number of fused-ring (bicyclic) bond motifs is 1. The summed E-state index contributed by atoms with van der Waals surface area (Å²) in [6, 6.07) is 12.2. The highest BCUT2D eigenvalue weighted by Gasteiger charge is 2.14. The van der Waals surface area contributed by atoms with Crippen molar-refractivity contribution in [2.75, 3.05) is 0 Å². The van der Waals surface area contributed by atoms with Crippen LogP contribution in [0.5, 0.6) is 0 Å². The molecule has 0 saturated heterocycles. The van der Waals surface area contributed by atoms with E-state index in [-0.39, 0.29) is 10.6 Å². The molecule has 19 heavy (non-hydrogen) atoms. The van der Waals surface area contributed by atoms with Crippen LogP contribution in [-0.4, -0.2) is 9.86 Å². The van der Waals surface area contributed by atoms with Gasteiger partial charge in [0.2, 0.25) is 0 Å². The molecular weight excluding hydrogens is 265 g/mol. The van der Waals surface area contributed by atoms with E-state index in [1.54, 1.807) is 24.3 Å². The minimum absolute atomic E-state index is 0.161. The van der Waals surface area contributed by atoms with Gasteiger partial charge in [0, 0.05) is 5.56 Å². The molecule has 0 atom stereocenters. The van der Waals surface area contributed by atoms with E-state index in [0.717, 1.165) is 11.5 Å². The van der Waals surface area contributed by atoms with Gasteiger partial charge in [-0.1, -0.05) is 12.1 Å². The van der Waals surface area contributed by atoms with Crippen molar-refractivity contribution in [2.24, 2.45) is 0 Å². The number of carbonyl (C=O) groups excluding carboxylic acids is 1. The molecular formula is C14H8FNO2S. The quantitative estimate of drug-likeness (QED) is 0.684. The van der Waals surface area contributed by atoms with Gasteiger partial charge in [0.25, 0.3) is 10.6 Å². The lowest BCUT2D eigenvalue weighted by Gasteiger charge is -2.02. The van der Waals surface area contributed by atoms with Gasteiger partial charge < -0.3 is 0 Å². The lowest BCUT2D eigenvalue weighted by molar-refractivity contribution is 0.0975. The predicted octanol–water partition coefficient (Wildman–Crippen LogP) is 2.89. The van der Waals surface area contributed by atoms with Gasteiger partial charge in [-0.3, -0.25) is 9.59 Å². The Bertz CT molecular complexity index is 817. The lowest BCUT2D eigenvalue weighted by Crippen LogP contribution is -2.09. The fourth-order valence-corrected chi connectivity index (χ4v) is 2.75. The number of carbonyl (C=O) groups is 1. The van der Waals surface area contributed by atoms with Gasteiger partial charge in [0.05, 0.1) is 10.9 Å². The first-order chi connectivity index (χ1) is 9.16. The summed E-state index contributed by atoms with van der Waals surface area (Å²) in [5, 5.41) is 0.517. The highest BCUT2D eigenvalue weighted by molar-refractivity contribution is 7.06. The van der Waals surface area contributed by atoms with Crippen molar-refractivity contribution in [3.8, 4) is 0 Å². The van der Waals surface area contributed by atoms with Crippen LogP contribution in [0.1, 0.15) is 10.4 Å². The molecule has 0 aliphatic rings. The summed E-state index contributed by atoms with van der Waals surface area (Å²) in [4.78, 5) is 24.1. The van der Waals surface area contributed by atoms with Crippen LogP contribution in [0.25, 0.3) is 10.9 Å². The van der Waals surface area contributed by atoms with Crippen LogP contribution >= 0.6 is 11.5 Å². The van der Waals surface area contributed by atoms with E-state index in [4.69, 9.17) is 0 Å². The van der Waals surface area contributed by atoms with Gasteiger partial charge in [0.15, 0.2) is 0 Å². The molecule has 0 aliphatic heterocycles. The molecule has 0 bridgehead atoms.